The maximum absolute atomic E-state index is 12.9. The van der Waals surface area contributed by atoms with Crippen molar-refractivity contribution in [2.24, 2.45) is 5.92 Å². The molecule has 0 bridgehead atoms. The average Bonchev–Trinajstić information content (AvgIpc) is 2.64. The van der Waals surface area contributed by atoms with Crippen molar-refractivity contribution >= 4 is 44.8 Å². The van der Waals surface area contributed by atoms with Crippen LogP contribution >= 0.6 is 23.2 Å². The lowest BCUT2D eigenvalue weighted by molar-refractivity contribution is -0.120. The molecule has 1 saturated heterocycles. The highest BCUT2D eigenvalue weighted by molar-refractivity contribution is 7.89. The summed E-state index contributed by atoms with van der Waals surface area (Å²) in [6.45, 7) is 2.34. The second-order valence-corrected chi connectivity index (χ2v) is 9.39. The zero-order valence-electron chi connectivity index (χ0n) is 14.8. The van der Waals surface area contributed by atoms with Crippen LogP contribution in [0, 0.1) is 12.8 Å². The number of halogens is 2. The van der Waals surface area contributed by atoms with E-state index >= 15 is 0 Å². The molecule has 0 radical (unpaired) electrons. The monoisotopic (exact) mass is 426 g/mol. The van der Waals surface area contributed by atoms with Crippen LogP contribution in [0.4, 0.5) is 5.69 Å². The molecule has 144 valence electrons. The summed E-state index contributed by atoms with van der Waals surface area (Å²) in [6.07, 6.45) is 1.25. The summed E-state index contributed by atoms with van der Waals surface area (Å²) in [5, 5.41) is 3.75. The third-order valence-corrected chi connectivity index (χ3v) is 7.13. The van der Waals surface area contributed by atoms with E-state index in [1.54, 1.807) is 36.4 Å². The Labute approximate surface area is 169 Å². The first kappa shape index (κ1) is 20.1. The molecule has 1 atom stereocenters. The highest BCUT2D eigenvalue weighted by Gasteiger charge is 2.33. The van der Waals surface area contributed by atoms with Gasteiger partial charge in [-0.3, -0.25) is 4.79 Å². The maximum atomic E-state index is 12.9. The van der Waals surface area contributed by atoms with Crippen LogP contribution in [0.3, 0.4) is 0 Å². The maximum Gasteiger partial charge on any atom is 0.243 e. The van der Waals surface area contributed by atoms with Crippen molar-refractivity contribution in [3.63, 3.8) is 0 Å². The normalized spacial score (nSPS) is 18.3. The van der Waals surface area contributed by atoms with E-state index in [1.165, 1.54) is 10.4 Å². The molecule has 3 rings (SSSR count). The van der Waals surface area contributed by atoms with Crippen molar-refractivity contribution < 1.29 is 13.2 Å². The highest BCUT2D eigenvalue weighted by atomic mass is 35.5. The quantitative estimate of drug-likeness (QED) is 0.790. The van der Waals surface area contributed by atoms with Gasteiger partial charge >= 0.3 is 0 Å². The summed E-state index contributed by atoms with van der Waals surface area (Å²) in [6, 6.07) is 11.6. The predicted molar refractivity (Wildman–Crippen MR) is 108 cm³/mol. The lowest BCUT2D eigenvalue weighted by Gasteiger charge is -2.31. The second-order valence-electron chi connectivity index (χ2n) is 6.61. The van der Waals surface area contributed by atoms with E-state index in [1.807, 2.05) is 6.92 Å². The zero-order chi connectivity index (χ0) is 19.6. The van der Waals surface area contributed by atoms with Gasteiger partial charge in [-0.05, 0) is 55.7 Å². The minimum atomic E-state index is -3.70. The minimum absolute atomic E-state index is 0.139. The van der Waals surface area contributed by atoms with Crippen LogP contribution in [-0.4, -0.2) is 31.7 Å². The summed E-state index contributed by atoms with van der Waals surface area (Å²) < 4.78 is 27.2. The summed E-state index contributed by atoms with van der Waals surface area (Å²) in [5.41, 5.74) is 1.41. The number of rotatable bonds is 4. The first-order valence-corrected chi connectivity index (χ1v) is 10.8. The fraction of sp³-hybridized carbons (Fsp3) is 0.316. The molecule has 0 aliphatic carbocycles. The van der Waals surface area contributed by atoms with Crippen LogP contribution in [-0.2, 0) is 14.8 Å². The predicted octanol–water partition coefficient (Wildman–Crippen LogP) is 4.34. The van der Waals surface area contributed by atoms with E-state index in [0.29, 0.717) is 35.1 Å². The molecule has 0 spiro atoms. The highest BCUT2D eigenvalue weighted by Crippen LogP contribution is 2.27. The van der Waals surface area contributed by atoms with Crippen molar-refractivity contribution in [2.45, 2.75) is 24.7 Å². The van der Waals surface area contributed by atoms with Crippen LogP contribution in [0.2, 0.25) is 10.0 Å². The molecular formula is C19H20Cl2N2O3S. The standard InChI is InChI=1S/C19H20Cl2N2O3S/c1-13-7-8-17(11-18(13)21)27(25,26)23-9-3-4-14(12-23)19(24)22-16-6-2-5-15(20)10-16/h2,5-8,10-11,14H,3-4,9,12H2,1H3,(H,22,24)/t14-/m1/s1. The number of aryl methyl sites for hydroxylation is 1. The van der Waals surface area contributed by atoms with Crippen molar-refractivity contribution in [3.05, 3.63) is 58.1 Å². The van der Waals surface area contributed by atoms with E-state index in [-0.39, 0.29) is 17.3 Å². The molecule has 27 heavy (non-hydrogen) atoms. The third kappa shape index (κ3) is 4.63. The second kappa shape index (κ2) is 8.19. The van der Waals surface area contributed by atoms with Crippen LogP contribution in [0.5, 0.6) is 0 Å². The molecule has 5 nitrogen and oxygen atoms in total. The number of nitrogens with one attached hydrogen (secondary N) is 1. The Bertz CT molecular complexity index is 963. The van der Waals surface area contributed by atoms with Gasteiger partial charge in [-0.15, -0.1) is 0 Å². The first-order valence-electron chi connectivity index (χ1n) is 8.60. The Morgan fingerprint density at radius 3 is 2.67 bits per heavy atom. The zero-order valence-corrected chi connectivity index (χ0v) is 17.1. The molecule has 1 aliphatic rings. The molecule has 2 aromatic rings. The number of nitrogens with zero attached hydrogens (tertiary/aromatic N) is 1. The Kier molecular flexibility index (Phi) is 6.11. The smallest absolute Gasteiger partial charge is 0.243 e. The molecule has 0 saturated carbocycles. The van der Waals surface area contributed by atoms with E-state index in [9.17, 15) is 13.2 Å². The fourth-order valence-corrected chi connectivity index (χ4v) is 5.05. The van der Waals surface area contributed by atoms with E-state index in [4.69, 9.17) is 23.2 Å². The van der Waals surface area contributed by atoms with Gasteiger partial charge in [-0.2, -0.15) is 4.31 Å². The van der Waals surface area contributed by atoms with Gasteiger partial charge in [-0.25, -0.2) is 8.42 Å². The van der Waals surface area contributed by atoms with Gasteiger partial charge < -0.3 is 5.32 Å². The average molecular weight is 427 g/mol. The van der Waals surface area contributed by atoms with Crippen molar-refractivity contribution in [3.8, 4) is 0 Å². The number of carbonyl (C=O) groups is 1. The topological polar surface area (TPSA) is 66.5 Å². The fourth-order valence-electron chi connectivity index (χ4n) is 3.07. The Hall–Kier alpha value is -1.60. The largest absolute Gasteiger partial charge is 0.326 e. The van der Waals surface area contributed by atoms with Gasteiger partial charge in [0.05, 0.1) is 10.8 Å². The lowest BCUT2D eigenvalue weighted by atomic mass is 9.99. The van der Waals surface area contributed by atoms with Crippen LogP contribution in [0.25, 0.3) is 0 Å². The van der Waals surface area contributed by atoms with Crippen molar-refractivity contribution in [1.29, 1.82) is 0 Å². The van der Waals surface area contributed by atoms with Gasteiger partial charge in [0.1, 0.15) is 0 Å². The summed E-state index contributed by atoms with van der Waals surface area (Å²) >= 11 is 12.0. The Balaban J connectivity index is 1.74. The third-order valence-electron chi connectivity index (χ3n) is 4.63. The minimum Gasteiger partial charge on any atom is -0.326 e. The molecule has 8 heteroatoms. The molecule has 1 amide bonds. The van der Waals surface area contributed by atoms with E-state index in [0.717, 1.165) is 5.56 Å². The number of benzene rings is 2. The number of amides is 1. The Morgan fingerprint density at radius 2 is 1.96 bits per heavy atom. The molecule has 1 heterocycles. The summed E-state index contributed by atoms with van der Waals surface area (Å²) in [7, 11) is -3.70. The summed E-state index contributed by atoms with van der Waals surface area (Å²) in [4.78, 5) is 12.7. The number of carbonyl (C=O) groups excluding carboxylic acids is 1. The summed E-state index contributed by atoms with van der Waals surface area (Å²) in [5.74, 6) is -0.632. The number of hydrogen-bond donors (Lipinski definition) is 1. The molecule has 1 N–H and O–H groups in total. The number of piperidine rings is 1. The van der Waals surface area contributed by atoms with Crippen molar-refractivity contribution in [2.75, 3.05) is 18.4 Å². The van der Waals surface area contributed by atoms with E-state index < -0.39 is 15.9 Å². The molecule has 1 fully saturated rings. The van der Waals surface area contributed by atoms with Gasteiger partial charge in [0, 0.05) is 28.8 Å². The van der Waals surface area contributed by atoms with Gasteiger partial charge in [0.15, 0.2) is 0 Å². The molecule has 1 aliphatic heterocycles. The van der Waals surface area contributed by atoms with Gasteiger partial charge in [0.2, 0.25) is 15.9 Å². The Morgan fingerprint density at radius 1 is 1.19 bits per heavy atom. The molecular weight excluding hydrogens is 407 g/mol. The number of sulfonamides is 1. The molecule has 0 unspecified atom stereocenters. The van der Waals surface area contributed by atoms with E-state index in [2.05, 4.69) is 5.32 Å². The lowest BCUT2D eigenvalue weighted by Crippen LogP contribution is -2.43. The molecule has 0 aromatic heterocycles. The van der Waals surface area contributed by atoms with Crippen LogP contribution in [0.15, 0.2) is 47.4 Å². The molecule has 2 aromatic carbocycles. The van der Waals surface area contributed by atoms with Crippen LogP contribution in [0.1, 0.15) is 18.4 Å². The number of anilines is 1. The van der Waals surface area contributed by atoms with Crippen LogP contribution < -0.4 is 5.32 Å². The first-order chi connectivity index (χ1) is 12.8. The van der Waals surface area contributed by atoms with Crippen molar-refractivity contribution in [1.82, 2.24) is 4.31 Å². The van der Waals surface area contributed by atoms with Gasteiger partial charge in [0.25, 0.3) is 0 Å². The van der Waals surface area contributed by atoms with Gasteiger partial charge in [-0.1, -0.05) is 35.3 Å². The SMILES string of the molecule is Cc1ccc(S(=O)(=O)N2CCC[C@@H](C(=O)Nc3cccc(Cl)c3)C2)cc1Cl. The number of hydrogen-bond acceptors (Lipinski definition) is 3.